The van der Waals surface area contributed by atoms with Crippen molar-refractivity contribution in [3.05, 3.63) is 24.3 Å². The highest BCUT2D eigenvalue weighted by Crippen LogP contribution is 2.53. The lowest BCUT2D eigenvalue weighted by Gasteiger charge is -2.25. The molecule has 1 fully saturated rings. The Balaban J connectivity index is 2.10. The van der Waals surface area contributed by atoms with Crippen LogP contribution in [0.25, 0.3) is 0 Å². The maximum atomic E-state index is 11.7. The standard InChI is InChI=1S/C12H9NO2/c13-5-8-6-1-2-7(8)12-10(15)4-3-9(14)11(6)12/h1-4,6-8,11-12H. The number of rotatable bonds is 0. The molecule has 2 bridgehead atoms. The van der Waals surface area contributed by atoms with E-state index in [0.29, 0.717) is 0 Å². The molecule has 0 radical (unpaired) electrons. The zero-order valence-electron chi connectivity index (χ0n) is 7.96. The summed E-state index contributed by atoms with van der Waals surface area (Å²) in [6, 6.07) is 2.23. The number of hydrogen-bond donors (Lipinski definition) is 0. The zero-order valence-corrected chi connectivity index (χ0v) is 7.96. The van der Waals surface area contributed by atoms with Crippen LogP contribution in [0.1, 0.15) is 0 Å². The van der Waals surface area contributed by atoms with Gasteiger partial charge >= 0.3 is 0 Å². The van der Waals surface area contributed by atoms with E-state index >= 15 is 0 Å². The molecule has 1 saturated carbocycles. The van der Waals surface area contributed by atoms with Crippen LogP contribution < -0.4 is 0 Å². The fourth-order valence-corrected chi connectivity index (χ4v) is 3.21. The summed E-state index contributed by atoms with van der Waals surface area (Å²) in [5, 5.41) is 9.03. The highest BCUT2D eigenvalue weighted by atomic mass is 16.1. The van der Waals surface area contributed by atoms with Crippen LogP contribution in [0.4, 0.5) is 0 Å². The third-order valence-electron chi connectivity index (χ3n) is 3.82. The fourth-order valence-electron chi connectivity index (χ4n) is 3.21. The quantitative estimate of drug-likeness (QED) is 0.544. The summed E-state index contributed by atoms with van der Waals surface area (Å²) in [6.07, 6.45) is 6.60. The third kappa shape index (κ3) is 0.892. The number of nitriles is 1. The summed E-state index contributed by atoms with van der Waals surface area (Å²) in [6.45, 7) is 0. The van der Waals surface area contributed by atoms with Crippen molar-refractivity contribution in [3.8, 4) is 6.07 Å². The van der Waals surface area contributed by atoms with E-state index in [4.69, 9.17) is 5.26 Å². The van der Waals surface area contributed by atoms with Gasteiger partial charge in [0.1, 0.15) is 0 Å². The molecule has 4 unspecified atom stereocenters. The van der Waals surface area contributed by atoms with E-state index in [0.717, 1.165) is 0 Å². The second-order valence-corrected chi connectivity index (χ2v) is 4.38. The molecule has 0 spiro atoms. The number of carbonyl (C=O) groups is 2. The van der Waals surface area contributed by atoms with Gasteiger partial charge in [0.05, 0.1) is 12.0 Å². The molecule has 3 rings (SSSR count). The first kappa shape index (κ1) is 8.60. The fraction of sp³-hybridized carbons (Fsp3) is 0.417. The van der Waals surface area contributed by atoms with E-state index < -0.39 is 0 Å². The lowest BCUT2D eigenvalue weighted by molar-refractivity contribution is -0.129. The van der Waals surface area contributed by atoms with Crippen LogP contribution in [0.2, 0.25) is 0 Å². The van der Waals surface area contributed by atoms with E-state index in [1.54, 1.807) is 0 Å². The smallest absolute Gasteiger partial charge is 0.160 e. The van der Waals surface area contributed by atoms with E-state index in [1.165, 1.54) is 12.2 Å². The summed E-state index contributed by atoms with van der Waals surface area (Å²) in [5.41, 5.74) is 0. The third-order valence-corrected chi connectivity index (χ3v) is 3.82. The van der Waals surface area contributed by atoms with Crippen molar-refractivity contribution in [2.75, 3.05) is 0 Å². The molecule has 4 atom stereocenters. The van der Waals surface area contributed by atoms with Crippen LogP contribution in [-0.4, -0.2) is 11.6 Å². The maximum Gasteiger partial charge on any atom is 0.160 e. The van der Waals surface area contributed by atoms with Crippen molar-refractivity contribution in [1.82, 2.24) is 0 Å². The SMILES string of the molecule is N#CC1C2C=CC1C1C(=O)C=CC(=O)C21. The van der Waals surface area contributed by atoms with Gasteiger partial charge < -0.3 is 0 Å². The van der Waals surface area contributed by atoms with Crippen molar-refractivity contribution < 1.29 is 9.59 Å². The van der Waals surface area contributed by atoms with Gasteiger partial charge in [-0.15, -0.1) is 0 Å². The van der Waals surface area contributed by atoms with Crippen molar-refractivity contribution in [1.29, 1.82) is 5.26 Å². The molecule has 0 aromatic carbocycles. The molecule has 3 nitrogen and oxygen atoms in total. The van der Waals surface area contributed by atoms with Crippen LogP contribution in [-0.2, 0) is 9.59 Å². The normalized spacial score (nSPS) is 45.7. The monoisotopic (exact) mass is 199 g/mol. The molecule has 3 aliphatic carbocycles. The summed E-state index contributed by atoms with van der Waals surface area (Å²) in [5.74, 6) is -0.747. The molecule has 0 aliphatic heterocycles. The Morgan fingerprint density at radius 2 is 1.47 bits per heavy atom. The molecule has 3 aliphatic rings. The molecule has 0 heterocycles. The average Bonchev–Trinajstić information content (AvgIpc) is 2.78. The number of carbonyl (C=O) groups excluding carboxylic acids is 2. The number of ketones is 2. The molecular weight excluding hydrogens is 190 g/mol. The van der Waals surface area contributed by atoms with Crippen LogP contribution in [0.5, 0.6) is 0 Å². The van der Waals surface area contributed by atoms with Gasteiger partial charge in [0.15, 0.2) is 11.6 Å². The van der Waals surface area contributed by atoms with E-state index in [1.807, 2.05) is 12.2 Å². The second-order valence-electron chi connectivity index (χ2n) is 4.38. The Labute approximate surface area is 87.1 Å². The van der Waals surface area contributed by atoms with Gasteiger partial charge in [-0.2, -0.15) is 5.26 Å². The topological polar surface area (TPSA) is 57.9 Å². The first-order valence-corrected chi connectivity index (χ1v) is 5.08. The Morgan fingerprint density at radius 1 is 1.00 bits per heavy atom. The molecule has 0 aromatic heterocycles. The van der Waals surface area contributed by atoms with Gasteiger partial charge in [0.2, 0.25) is 0 Å². The Bertz CT molecular complexity index is 421. The summed E-state index contributed by atoms with van der Waals surface area (Å²) < 4.78 is 0. The number of allylic oxidation sites excluding steroid dienone is 4. The van der Waals surface area contributed by atoms with Crippen LogP contribution in [0.3, 0.4) is 0 Å². The van der Waals surface area contributed by atoms with Crippen LogP contribution in [0.15, 0.2) is 24.3 Å². The second kappa shape index (κ2) is 2.66. The van der Waals surface area contributed by atoms with E-state index in [2.05, 4.69) is 6.07 Å². The Hall–Kier alpha value is -1.69. The van der Waals surface area contributed by atoms with Crippen molar-refractivity contribution in [2.45, 2.75) is 0 Å². The predicted molar refractivity (Wildman–Crippen MR) is 51.4 cm³/mol. The minimum absolute atomic E-state index is 0.0108. The summed E-state index contributed by atoms with van der Waals surface area (Å²) >= 11 is 0. The summed E-state index contributed by atoms with van der Waals surface area (Å²) in [4.78, 5) is 23.4. The van der Waals surface area contributed by atoms with Gasteiger partial charge in [0.25, 0.3) is 0 Å². The minimum Gasteiger partial charge on any atom is -0.294 e. The van der Waals surface area contributed by atoms with Crippen molar-refractivity contribution in [2.24, 2.45) is 29.6 Å². The van der Waals surface area contributed by atoms with Gasteiger partial charge in [-0.25, -0.2) is 0 Å². The van der Waals surface area contributed by atoms with E-state index in [9.17, 15) is 9.59 Å². The molecule has 74 valence electrons. The molecular formula is C12H9NO2. The van der Waals surface area contributed by atoms with Crippen LogP contribution in [0, 0.1) is 40.9 Å². The van der Waals surface area contributed by atoms with Gasteiger partial charge in [-0.1, -0.05) is 12.2 Å². The summed E-state index contributed by atoms with van der Waals surface area (Å²) in [7, 11) is 0. The molecule has 0 amide bonds. The number of fused-ring (bicyclic) bond motifs is 5. The van der Waals surface area contributed by atoms with Crippen molar-refractivity contribution >= 4 is 11.6 Å². The predicted octanol–water partition coefficient (Wildman–Crippen LogP) is 0.882. The largest absolute Gasteiger partial charge is 0.294 e. The first-order chi connectivity index (χ1) is 7.24. The zero-order chi connectivity index (χ0) is 10.6. The van der Waals surface area contributed by atoms with E-state index in [-0.39, 0.29) is 41.2 Å². The maximum absolute atomic E-state index is 11.7. The minimum atomic E-state index is -0.262. The molecule has 0 saturated heterocycles. The van der Waals surface area contributed by atoms with Gasteiger partial charge in [-0.05, 0) is 12.2 Å². The molecule has 15 heavy (non-hydrogen) atoms. The van der Waals surface area contributed by atoms with Gasteiger partial charge in [0, 0.05) is 23.7 Å². The lowest BCUT2D eigenvalue weighted by atomic mass is 9.75. The number of nitrogens with zero attached hydrogens (tertiary/aromatic N) is 1. The van der Waals surface area contributed by atoms with Crippen molar-refractivity contribution in [3.63, 3.8) is 0 Å². The Morgan fingerprint density at radius 3 is 1.87 bits per heavy atom. The lowest BCUT2D eigenvalue weighted by Crippen LogP contribution is -2.34. The molecule has 3 heteroatoms. The number of hydrogen-bond acceptors (Lipinski definition) is 3. The highest BCUT2D eigenvalue weighted by Gasteiger charge is 2.57. The highest BCUT2D eigenvalue weighted by molar-refractivity contribution is 6.08. The molecule has 0 N–H and O–H groups in total. The average molecular weight is 199 g/mol. The first-order valence-electron chi connectivity index (χ1n) is 5.08. The molecule has 0 aromatic rings. The Kier molecular flexibility index (Phi) is 1.53. The van der Waals surface area contributed by atoms with Crippen LogP contribution >= 0.6 is 0 Å². The van der Waals surface area contributed by atoms with Gasteiger partial charge in [-0.3, -0.25) is 9.59 Å².